The molecule has 0 radical (unpaired) electrons. The van der Waals surface area contributed by atoms with Gasteiger partial charge in [0.15, 0.2) is 5.84 Å². The number of hydrogen-bond donors (Lipinski definition) is 4. The Labute approximate surface area is 124 Å². The predicted molar refractivity (Wildman–Crippen MR) is 80.9 cm³/mol. The summed E-state index contributed by atoms with van der Waals surface area (Å²) in [6, 6.07) is 3.19. The number of carbonyl (C=O) groups is 1. The van der Waals surface area contributed by atoms with Crippen LogP contribution in [-0.4, -0.2) is 33.5 Å². The molecule has 7 heteroatoms. The fraction of sp³-hybridized carbons (Fsp3) is 0.500. The van der Waals surface area contributed by atoms with Gasteiger partial charge in [-0.05, 0) is 39.3 Å². The number of nitrogens with two attached hydrogens (primary N) is 1. The molecule has 5 N–H and O–H groups in total. The van der Waals surface area contributed by atoms with Gasteiger partial charge in [0, 0.05) is 18.3 Å². The Bertz CT molecular complexity index is 522. The Morgan fingerprint density at radius 1 is 1.52 bits per heavy atom. The largest absolute Gasteiger partial charge is 0.409 e. The number of pyridine rings is 1. The molecule has 0 spiro atoms. The first-order chi connectivity index (χ1) is 9.74. The van der Waals surface area contributed by atoms with Crippen LogP contribution in [0.1, 0.15) is 39.0 Å². The van der Waals surface area contributed by atoms with Crippen molar-refractivity contribution >= 4 is 11.7 Å². The lowest BCUT2D eigenvalue weighted by Gasteiger charge is -2.23. The van der Waals surface area contributed by atoms with Crippen molar-refractivity contribution in [3.8, 4) is 0 Å². The number of nitrogens with zero attached hydrogens (tertiary/aromatic N) is 2. The molecule has 21 heavy (non-hydrogen) atoms. The molecule has 0 bridgehead atoms. The van der Waals surface area contributed by atoms with Crippen LogP contribution in [0.15, 0.2) is 23.5 Å². The maximum absolute atomic E-state index is 12.0. The van der Waals surface area contributed by atoms with Crippen LogP contribution in [0.3, 0.4) is 0 Å². The maximum Gasteiger partial charge on any atom is 0.237 e. The minimum absolute atomic E-state index is 0.0563. The summed E-state index contributed by atoms with van der Waals surface area (Å²) in [5.74, 6) is -0.143. The van der Waals surface area contributed by atoms with Crippen molar-refractivity contribution in [2.75, 3.05) is 0 Å². The summed E-state index contributed by atoms with van der Waals surface area (Å²) in [6.45, 7) is 7.94. The normalized spacial score (nSPS) is 13.8. The molecule has 0 aliphatic heterocycles. The van der Waals surface area contributed by atoms with Gasteiger partial charge in [-0.15, -0.1) is 0 Å². The Morgan fingerprint density at radius 3 is 2.76 bits per heavy atom. The van der Waals surface area contributed by atoms with Gasteiger partial charge in [-0.2, -0.15) is 0 Å². The zero-order valence-electron chi connectivity index (χ0n) is 12.8. The molecule has 0 aliphatic carbocycles. The standard InChI is InChI=1S/C14H23N5O2/c1-9(13(20)18-14(2,3)4)17-8-10-6-5-7-16-11(10)12(15)19-21/h5-7,9,17,21H,8H2,1-4H3,(H2,15,19)(H,18,20). The Morgan fingerprint density at radius 2 is 2.19 bits per heavy atom. The third-order valence-electron chi connectivity index (χ3n) is 2.73. The van der Waals surface area contributed by atoms with E-state index in [4.69, 9.17) is 10.9 Å². The van der Waals surface area contributed by atoms with E-state index in [1.54, 1.807) is 19.2 Å². The Hall–Kier alpha value is -2.15. The van der Waals surface area contributed by atoms with E-state index in [0.717, 1.165) is 5.56 Å². The molecule has 116 valence electrons. The van der Waals surface area contributed by atoms with E-state index in [9.17, 15) is 4.79 Å². The first kappa shape index (κ1) is 16.9. The van der Waals surface area contributed by atoms with Gasteiger partial charge in [0.2, 0.25) is 5.91 Å². The third-order valence-corrected chi connectivity index (χ3v) is 2.73. The number of oxime groups is 1. The van der Waals surface area contributed by atoms with Crippen LogP contribution in [0.2, 0.25) is 0 Å². The minimum atomic E-state index is -0.371. The van der Waals surface area contributed by atoms with Crippen molar-refractivity contribution in [3.63, 3.8) is 0 Å². The maximum atomic E-state index is 12.0. The van der Waals surface area contributed by atoms with Gasteiger partial charge in [-0.1, -0.05) is 11.2 Å². The highest BCUT2D eigenvalue weighted by atomic mass is 16.4. The van der Waals surface area contributed by atoms with Crippen molar-refractivity contribution in [1.82, 2.24) is 15.6 Å². The predicted octanol–water partition coefficient (Wildman–Crippen LogP) is 0.569. The van der Waals surface area contributed by atoms with Gasteiger partial charge in [-0.3, -0.25) is 9.78 Å². The van der Waals surface area contributed by atoms with Gasteiger partial charge >= 0.3 is 0 Å². The molecule has 0 saturated heterocycles. The molecule has 7 nitrogen and oxygen atoms in total. The second-order valence-corrected chi connectivity index (χ2v) is 5.84. The summed E-state index contributed by atoms with van der Waals surface area (Å²) < 4.78 is 0. The van der Waals surface area contributed by atoms with Crippen LogP contribution in [0.25, 0.3) is 0 Å². The average Bonchev–Trinajstić information content (AvgIpc) is 2.42. The molecule has 0 saturated carbocycles. The van der Waals surface area contributed by atoms with E-state index < -0.39 is 0 Å². The lowest BCUT2D eigenvalue weighted by molar-refractivity contribution is -0.124. The van der Waals surface area contributed by atoms with Crippen molar-refractivity contribution in [2.24, 2.45) is 10.9 Å². The smallest absolute Gasteiger partial charge is 0.237 e. The number of carbonyl (C=O) groups excluding carboxylic acids is 1. The SMILES string of the molecule is CC(NCc1cccnc1/C(N)=N/O)C(=O)NC(C)(C)C. The lowest BCUT2D eigenvalue weighted by atomic mass is 10.1. The Balaban J connectivity index is 2.70. The van der Waals surface area contributed by atoms with Crippen molar-refractivity contribution in [3.05, 3.63) is 29.6 Å². The molecular formula is C14H23N5O2. The summed E-state index contributed by atoms with van der Waals surface area (Å²) >= 11 is 0. The summed E-state index contributed by atoms with van der Waals surface area (Å²) in [4.78, 5) is 16.1. The van der Waals surface area contributed by atoms with Crippen LogP contribution in [0, 0.1) is 0 Å². The van der Waals surface area contributed by atoms with Gasteiger partial charge in [0.05, 0.1) is 6.04 Å². The highest BCUT2D eigenvalue weighted by molar-refractivity contribution is 5.96. The lowest BCUT2D eigenvalue weighted by Crippen LogP contribution is -2.49. The van der Waals surface area contributed by atoms with E-state index in [-0.39, 0.29) is 23.3 Å². The molecule has 1 atom stereocenters. The van der Waals surface area contributed by atoms with Crippen molar-refractivity contribution in [2.45, 2.75) is 45.8 Å². The Kier molecular flexibility index (Phi) is 5.66. The van der Waals surface area contributed by atoms with Crippen molar-refractivity contribution in [1.29, 1.82) is 0 Å². The number of amidine groups is 1. The highest BCUT2D eigenvalue weighted by Gasteiger charge is 2.19. The van der Waals surface area contributed by atoms with Crippen LogP contribution >= 0.6 is 0 Å². The number of nitrogens with one attached hydrogen (secondary N) is 2. The summed E-state index contributed by atoms with van der Waals surface area (Å²) in [5, 5.41) is 17.7. The first-order valence-electron chi connectivity index (χ1n) is 6.72. The fourth-order valence-electron chi connectivity index (χ4n) is 1.69. The molecule has 0 fully saturated rings. The molecule has 0 aliphatic rings. The molecular weight excluding hydrogens is 270 g/mol. The molecule has 1 aromatic heterocycles. The zero-order chi connectivity index (χ0) is 16.0. The van der Waals surface area contributed by atoms with E-state index in [0.29, 0.717) is 12.2 Å². The van der Waals surface area contributed by atoms with Gasteiger partial charge in [0.25, 0.3) is 0 Å². The molecule has 1 amide bonds. The second-order valence-electron chi connectivity index (χ2n) is 5.84. The average molecular weight is 293 g/mol. The number of rotatable bonds is 5. The van der Waals surface area contributed by atoms with Gasteiger partial charge in [0.1, 0.15) is 5.69 Å². The van der Waals surface area contributed by atoms with Crippen LogP contribution in [0.4, 0.5) is 0 Å². The number of hydrogen-bond acceptors (Lipinski definition) is 5. The first-order valence-corrected chi connectivity index (χ1v) is 6.72. The number of aromatic nitrogens is 1. The van der Waals surface area contributed by atoms with Gasteiger partial charge in [-0.25, -0.2) is 0 Å². The molecule has 1 unspecified atom stereocenters. The monoisotopic (exact) mass is 293 g/mol. The minimum Gasteiger partial charge on any atom is -0.409 e. The van der Waals surface area contributed by atoms with Crippen LogP contribution in [0.5, 0.6) is 0 Å². The van der Waals surface area contributed by atoms with E-state index in [2.05, 4.69) is 20.8 Å². The second kappa shape index (κ2) is 7.03. The summed E-state index contributed by atoms with van der Waals surface area (Å²) in [6.07, 6.45) is 1.56. The third kappa shape index (κ3) is 5.39. The summed E-state index contributed by atoms with van der Waals surface area (Å²) in [7, 11) is 0. The van der Waals surface area contributed by atoms with Crippen LogP contribution in [-0.2, 0) is 11.3 Å². The summed E-state index contributed by atoms with van der Waals surface area (Å²) in [5.41, 5.74) is 6.45. The molecule has 0 aromatic carbocycles. The van der Waals surface area contributed by atoms with Crippen molar-refractivity contribution < 1.29 is 10.0 Å². The zero-order valence-corrected chi connectivity index (χ0v) is 12.8. The topological polar surface area (TPSA) is 113 Å². The van der Waals surface area contributed by atoms with E-state index in [1.165, 1.54) is 0 Å². The van der Waals surface area contributed by atoms with Gasteiger partial charge < -0.3 is 21.6 Å². The quantitative estimate of drug-likeness (QED) is 0.274. The highest BCUT2D eigenvalue weighted by Crippen LogP contribution is 2.06. The van der Waals surface area contributed by atoms with E-state index in [1.807, 2.05) is 26.8 Å². The fourth-order valence-corrected chi connectivity index (χ4v) is 1.69. The van der Waals surface area contributed by atoms with Crippen LogP contribution < -0.4 is 16.4 Å². The molecule has 1 aromatic rings. The molecule has 1 heterocycles. The number of amides is 1. The molecule has 1 rings (SSSR count). The van der Waals surface area contributed by atoms with E-state index >= 15 is 0 Å².